The van der Waals surface area contributed by atoms with Gasteiger partial charge in [0.05, 0.1) is 5.69 Å². The Morgan fingerprint density at radius 1 is 0.367 bits per heavy atom. The Kier molecular flexibility index (Phi) is 7.36. The highest BCUT2D eigenvalue weighted by atomic mass is 16.3. The van der Waals surface area contributed by atoms with Gasteiger partial charge < -0.3 is 9.32 Å². The largest absolute Gasteiger partial charge is 0.456 e. The summed E-state index contributed by atoms with van der Waals surface area (Å²) in [4.78, 5) is 2.48. The molecule has 10 aromatic rings. The van der Waals surface area contributed by atoms with Crippen molar-refractivity contribution in [3.05, 3.63) is 210 Å². The fourth-order valence-corrected chi connectivity index (χ4v) is 10.6. The minimum Gasteiger partial charge on any atom is -0.456 e. The van der Waals surface area contributed by atoms with Crippen molar-refractivity contribution in [2.45, 2.75) is 38.5 Å². The first-order valence-corrected chi connectivity index (χ1v) is 21.1. The minimum absolute atomic E-state index is 0.0691. The monoisotopic (exact) mass is 769 g/mol. The molecule has 0 aliphatic heterocycles. The third kappa shape index (κ3) is 5.01. The number of nitrogens with zero attached hydrogens (tertiary/aromatic N) is 1. The van der Waals surface area contributed by atoms with Crippen LogP contribution in [0.1, 0.15) is 49.9 Å². The summed E-state index contributed by atoms with van der Waals surface area (Å²) in [5.74, 6) is 0. The summed E-state index contributed by atoms with van der Waals surface area (Å²) in [6, 6.07) is 69.3. The van der Waals surface area contributed by atoms with Gasteiger partial charge in [0.2, 0.25) is 0 Å². The zero-order valence-electron chi connectivity index (χ0n) is 34.3. The summed E-state index contributed by atoms with van der Waals surface area (Å²) in [5, 5.41) is 4.79. The predicted molar refractivity (Wildman–Crippen MR) is 252 cm³/mol. The van der Waals surface area contributed by atoms with Crippen LogP contribution in [0.5, 0.6) is 0 Å². The van der Waals surface area contributed by atoms with Gasteiger partial charge >= 0.3 is 0 Å². The van der Waals surface area contributed by atoms with E-state index in [1.54, 1.807) is 0 Å². The number of furan rings is 1. The molecule has 0 saturated carbocycles. The lowest BCUT2D eigenvalue weighted by Gasteiger charge is -2.32. The molecule has 12 rings (SSSR count). The van der Waals surface area contributed by atoms with Crippen LogP contribution < -0.4 is 4.90 Å². The van der Waals surface area contributed by atoms with E-state index in [0.29, 0.717) is 0 Å². The smallest absolute Gasteiger partial charge is 0.135 e. The van der Waals surface area contributed by atoms with Crippen LogP contribution in [-0.4, -0.2) is 0 Å². The molecule has 0 fully saturated rings. The van der Waals surface area contributed by atoms with E-state index in [0.717, 1.165) is 33.3 Å². The van der Waals surface area contributed by atoms with Crippen molar-refractivity contribution in [1.29, 1.82) is 0 Å². The van der Waals surface area contributed by atoms with Crippen LogP contribution in [0.2, 0.25) is 0 Å². The van der Waals surface area contributed by atoms with Crippen molar-refractivity contribution in [2.24, 2.45) is 0 Å². The van der Waals surface area contributed by atoms with Crippen molar-refractivity contribution in [1.82, 2.24) is 0 Å². The standard InChI is InChI=1S/C58H43NO/c1-57(2)50-20-9-7-16-44(50)47-34-52-48(35-51(47)57)46-19-12-21-53(56(46)58(52,3)4)59(41-30-25-38(26-31-41)43-18-11-14-37-13-5-6-15-42(37)43)40-28-23-36(24-29-40)39-27-32-55-49(33-39)45-17-8-10-22-54(45)60-55/h5-35H,1-4H3. The maximum absolute atomic E-state index is 6.17. The quantitative estimate of drug-likeness (QED) is 0.173. The molecule has 0 atom stereocenters. The molecule has 0 bridgehead atoms. The topological polar surface area (TPSA) is 16.4 Å². The van der Waals surface area contributed by atoms with Crippen molar-refractivity contribution < 1.29 is 4.42 Å². The molecule has 0 unspecified atom stereocenters. The third-order valence-electron chi connectivity index (χ3n) is 13.7. The number of anilines is 3. The molecule has 0 saturated heterocycles. The highest BCUT2D eigenvalue weighted by Gasteiger charge is 2.43. The first-order chi connectivity index (χ1) is 29.3. The molecular formula is C58H43NO. The zero-order chi connectivity index (χ0) is 40.3. The minimum atomic E-state index is -0.248. The average Bonchev–Trinajstić information content (AvgIpc) is 3.85. The number of benzene rings is 9. The summed E-state index contributed by atoms with van der Waals surface area (Å²) >= 11 is 0. The van der Waals surface area contributed by atoms with Crippen LogP contribution in [0.3, 0.4) is 0 Å². The lowest BCUT2D eigenvalue weighted by atomic mass is 9.79. The third-order valence-corrected chi connectivity index (χ3v) is 13.7. The fourth-order valence-electron chi connectivity index (χ4n) is 10.6. The van der Waals surface area contributed by atoms with E-state index in [1.807, 2.05) is 12.1 Å². The molecule has 2 aliphatic carbocycles. The molecule has 1 heterocycles. The Bertz CT molecular complexity index is 3360. The van der Waals surface area contributed by atoms with Crippen molar-refractivity contribution in [2.75, 3.05) is 4.90 Å². The summed E-state index contributed by atoms with van der Waals surface area (Å²) in [7, 11) is 0. The maximum Gasteiger partial charge on any atom is 0.135 e. The molecule has 0 amide bonds. The molecule has 9 aromatic carbocycles. The first-order valence-electron chi connectivity index (χ1n) is 21.1. The first kappa shape index (κ1) is 34.8. The summed E-state index contributed by atoms with van der Waals surface area (Å²) in [6.45, 7) is 9.59. The lowest BCUT2D eigenvalue weighted by molar-refractivity contribution is 0.652. The summed E-state index contributed by atoms with van der Waals surface area (Å²) in [6.07, 6.45) is 0. The molecule has 1 aromatic heterocycles. The molecule has 0 spiro atoms. The highest BCUT2D eigenvalue weighted by Crippen LogP contribution is 2.58. The molecule has 0 N–H and O–H groups in total. The number of hydrogen-bond donors (Lipinski definition) is 0. The van der Waals surface area contributed by atoms with E-state index in [1.165, 1.54) is 83.2 Å². The lowest BCUT2D eigenvalue weighted by Crippen LogP contribution is -2.21. The molecule has 286 valence electrons. The van der Waals surface area contributed by atoms with Gasteiger partial charge in [0, 0.05) is 33.0 Å². The van der Waals surface area contributed by atoms with Crippen molar-refractivity contribution in [3.8, 4) is 44.5 Å². The van der Waals surface area contributed by atoms with Gasteiger partial charge in [-0.3, -0.25) is 0 Å². The molecule has 0 radical (unpaired) electrons. The molecular weight excluding hydrogens is 727 g/mol. The normalized spacial score (nSPS) is 14.3. The van der Waals surface area contributed by atoms with E-state index < -0.39 is 0 Å². The Balaban J connectivity index is 1.01. The van der Waals surface area contributed by atoms with Crippen LogP contribution in [-0.2, 0) is 10.8 Å². The van der Waals surface area contributed by atoms with Crippen molar-refractivity contribution in [3.63, 3.8) is 0 Å². The highest BCUT2D eigenvalue weighted by molar-refractivity contribution is 6.06. The Morgan fingerprint density at radius 2 is 0.933 bits per heavy atom. The van der Waals surface area contributed by atoms with Crippen LogP contribution >= 0.6 is 0 Å². The fraction of sp³-hybridized carbons (Fsp3) is 0.103. The number of para-hydroxylation sites is 1. The van der Waals surface area contributed by atoms with Gasteiger partial charge in [-0.1, -0.05) is 155 Å². The molecule has 2 heteroatoms. The number of fused-ring (bicyclic) bond motifs is 10. The van der Waals surface area contributed by atoms with Crippen molar-refractivity contribution >= 4 is 49.8 Å². The van der Waals surface area contributed by atoms with Gasteiger partial charge in [-0.25, -0.2) is 0 Å². The average molecular weight is 770 g/mol. The second-order valence-electron chi connectivity index (χ2n) is 17.7. The van der Waals surface area contributed by atoms with Gasteiger partial charge in [-0.2, -0.15) is 0 Å². The van der Waals surface area contributed by atoms with E-state index in [9.17, 15) is 0 Å². The Hall–Kier alpha value is -7.16. The zero-order valence-corrected chi connectivity index (χ0v) is 34.3. The number of hydrogen-bond acceptors (Lipinski definition) is 2. The van der Waals surface area contributed by atoms with Gasteiger partial charge in [0.15, 0.2) is 0 Å². The SMILES string of the molecule is CC1(C)c2ccccc2-c2cc3c(cc21)-c1cccc(N(c2ccc(-c4ccc5oc6ccccc6c5c4)cc2)c2ccc(-c4cccc5ccccc45)cc2)c1C3(C)C. The summed E-state index contributed by atoms with van der Waals surface area (Å²) < 4.78 is 6.17. The second kappa shape index (κ2) is 12.7. The second-order valence-corrected chi connectivity index (χ2v) is 17.7. The molecule has 60 heavy (non-hydrogen) atoms. The van der Waals surface area contributed by atoms with E-state index in [2.05, 4.69) is 209 Å². The molecule has 2 nitrogen and oxygen atoms in total. The predicted octanol–water partition coefficient (Wildman–Crippen LogP) is 16.2. The van der Waals surface area contributed by atoms with Crippen LogP contribution in [0, 0.1) is 0 Å². The Morgan fingerprint density at radius 3 is 1.73 bits per heavy atom. The molecule has 2 aliphatic rings. The van der Waals surface area contributed by atoms with Gasteiger partial charge in [-0.15, -0.1) is 0 Å². The maximum atomic E-state index is 6.17. The van der Waals surface area contributed by atoms with Crippen LogP contribution in [0.25, 0.3) is 77.2 Å². The van der Waals surface area contributed by atoms with Crippen LogP contribution in [0.4, 0.5) is 17.1 Å². The van der Waals surface area contributed by atoms with E-state index in [4.69, 9.17) is 4.42 Å². The van der Waals surface area contributed by atoms with E-state index in [-0.39, 0.29) is 10.8 Å². The van der Waals surface area contributed by atoms with Crippen LogP contribution in [0.15, 0.2) is 192 Å². The Labute approximate surface area is 351 Å². The van der Waals surface area contributed by atoms with Gasteiger partial charge in [0.1, 0.15) is 11.2 Å². The van der Waals surface area contributed by atoms with E-state index >= 15 is 0 Å². The number of rotatable bonds is 5. The van der Waals surface area contributed by atoms with Gasteiger partial charge in [0.25, 0.3) is 0 Å². The van der Waals surface area contributed by atoms with Gasteiger partial charge in [-0.05, 0) is 138 Å². The summed E-state index contributed by atoms with van der Waals surface area (Å²) in [5.41, 5.74) is 20.7.